The van der Waals surface area contributed by atoms with Gasteiger partial charge >= 0.3 is 0 Å². The number of amides is 1. The summed E-state index contributed by atoms with van der Waals surface area (Å²) in [5.74, 6) is 1.18. The molecule has 0 unspecified atom stereocenters. The van der Waals surface area contributed by atoms with Crippen molar-refractivity contribution in [2.24, 2.45) is 5.73 Å². The normalized spacial score (nSPS) is 21.7. The lowest BCUT2D eigenvalue weighted by Gasteiger charge is -2.29. The quantitative estimate of drug-likeness (QED) is 0.466. The molecule has 9 nitrogen and oxygen atoms in total. The summed E-state index contributed by atoms with van der Waals surface area (Å²) in [5, 5.41) is 16.5. The van der Waals surface area contributed by atoms with Crippen molar-refractivity contribution in [3.63, 3.8) is 0 Å². The number of piperidine rings is 1. The van der Waals surface area contributed by atoms with Gasteiger partial charge in [-0.15, -0.1) is 0 Å². The van der Waals surface area contributed by atoms with E-state index in [1.165, 1.54) is 0 Å². The lowest BCUT2D eigenvalue weighted by molar-refractivity contribution is 0.0995. The highest BCUT2D eigenvalue weighted by molar-refractivity contribution is 5.96. The van der Waals surface area contributed by atoms with Crippen molar-refractivity contribution in [2.75, 3.05) is 30.8 Å². The summed E-state index contributed by atoms with van der Waals surface area (Å²) < 4.78 is 6.13. The van der Waals surface area contributed by atoms with Crippen LogP contribution in [0.15, 0.2) is 24.3 Å². The Bertz CT molecular complexity index is 967. The van der Waals surface area contributed by atoms with Gasteiger partial charge in [0.15, 0.2) is 11.5 Å². The molecule has 1 saturated heterocycles. The number of hydrogen-bond acceptors (Lipinski definition) is 8. The fourth-order valence-corrected chi connectivity index (χ4v) is 4.55. The second kappa shape index (κ2) is 11.0. The Morgan fingerprint density at radius 2 is 1.76 bits per heavy atom. The predicted octanol–water partition coefficient (Wildman–Crippen LogP) is 3.07. The van der Waals surface area contributed by atoms with Crippen molar-refractivity contribution in [1.29, 1.82) is 0 Å². The summed E-state index contributed by atoms with van der Waals surface area (Å²) in [6, 6.07) is 7.86. The van der Waals surface area contributed by atoms with Crippen LogP contribution in [0.3, 0.4) is 0 Å². The predicted molar refractivity (Wildman–Crippen MR) is 133 cm³/mol. The summed E-state index contributed by atoms with van der Waals surface area (Å²) in [5.41, 5.74) is 7.21. The van der Waals surface area contributed by atoms with Crippen LogP contribution in [0.5, 0.6) is 5.75 Å². The third-order valence-corrected chi connectivity index (χ3v) is 6.66. The van der Waals surface area contributed by atoms with Gasteiger partial charge in [-0.1, -0.05) is 6.92 Å². The van der Waals surface area contributed by atoms with Crippen LogP contribution in [0.4, 0.5) is 17.3 Å². The largest absolute Gasteiger partial charge is 0.490 e. The first kappa shape index (κ1) is 24.2. The number of aromatic nitrogens is 2. The molecule has 4 rings (SSSR count). The topological polar surface area (TPSA) is 126 Å². The molecule has 2 aromatic rings. The number of nitrogens with zero attached hydrogens (tertiary/aromatic N) is 3. The lowest BCUT2D eigenvalue weighted by atomic mass is 9.93. The van der Waals surface area contributed by atoms with Crippen LogP contribution in [-0.4, -0.2) is 64.3 Å². The van der Waals surface area contributed by atoms with E-state index in [0.717, 1.165) is 63.1 Å². The average Bonchev–Trinajstić information content (AvgIpc) is 2.83. The maximum absolute atomic E-state index is 12.1. The SMILES string of the molecule is CCc1nc(C(N)=O)c(Nc2ccc(OC3CCN(C)CC3)cc2)nc1N[C@H]1CC[C@H](O)CC1. The fourth-order valence-electron chi connectivity index (χ4n) is 4.55. The number of primary amides is 1. The zero-order valence-electron chi connectivity index (χ0n) is 20.1. The molecule has 9 heteroatoms. The number of ether oxygens (including phenoxy) is 1. The number of aliphatic hydroxyl groups is 1. The number of benzene rings is 1. The van der Waals surface area contributed by atoms with Gasteiger partial charge in [0.25, 0.3) is 5.91 Å². The minimum Gasteiger partial charge on any atom is -0.490 e. The number of aryl methyl sites for hydroxylation is 1. The summed E-state index contributed by atoms with van der Waals surface area (Å²) in [6.45, 7) is 4.07. The van der Waals surface area contributed by atoms with E-state index in [0.29, 0.717) is 23.8 Å². The molecule has 1 aliphatic carbocycles. The second-order valence-electron chi connectivity index (χ2n) is 9.35. The minimum absolute atomic E-state index is 0.119. The van der Waals surface area contributed by atoms with Crippen LogP contribution < -0.4 is 21.1 Å². The van der Waals surface area contributed by atoms with Crippen LogP contribution in [0.25, 0.3) is 0 Å². The standard InChI is InChI=1S/C25H36N6O3/c1-3-21-24(27-16-4-8-18(32)9-5-16)30-25(22(29-21)23(26)33)28-17-6-10-19(11-7-17)34-20-12-14-31(2)15-13-20/h6-7,10-11,16,18,20,32H,3-5,8-9,12-15H2,1-2H3,(H2,26,33)(H2,27,28,30)/t16-,18-. The Morgan fingerprint density at radius 3 is 2.38 bits per heavy atom. The van der Waals surface area contributed by atoms with Crippen LogP contribution in [-0.2, 0) is 6.42 Å². The monoisotopic (exact) mass is 468 g/mol. The molecule has 0 radical (unpaired) electrons. The number of likely N-dealkylation sites (tertiary alicyclic amines) is 1. The highest BCUT2D eigenvalue weighted by Gasteiger charge is 2.23. The third kappa shape index (κ3) is 6.15. The number of nitrogens with two attached hydrogens (primary N) is 1. The van der Waals surface area contributed by atoms with Gasteiger partial charge in [0.1, 0.15) is 17.7 Å². The first-order valence-electron chi connectivity index (χ1n) is 12.3. The Labute approximate surface area is 201 Å². The number of nitrogens with one attached hydrogen (secondary N) is 2. The number of anilines is 3. The molecule has 2 heterocycles. The summed E-state index contributed by atoms with van der Waals surface area (Å²) >= 11 is 0. The third-order valence-electron chi connectivity index (χ3n) is 6.66. The van der Waals surface area contributed by atoms with E-state index < -0.39 is 5.91 Å². The Morgan fingerprint density at radius 1 is 1.09 bits per heavy atom. The molecule has 5 N–H and O–H groups in total. The average molecular weight is 469 g/mol. The van der Waals surface area contributed by atoms with Gasteiger partial charge in [0, 0.05) is 24.8 Å². The molecule has 1 saturated carbocycles. The molecule has 1 aromatic carbocycles. The fraction of sp³-hybridized carbons (Fsp3) is 0.560. The van der Waals surface area contributed by atoms with E-state index in [2.05, 4.69) is 27.6 Å². The van der Waals surface area contributed by atoms with E-state index in [-0.39, 0.29) is 23.9 Å². The maximum atomic E-state index is 12.1. The van der Waals surface area contributed by atoms with Crippen molar-refractivity contribution in [3.05, 3.63) is 35.7 Å². The number of carbonyl (C=O) groups is 1. The molecule has 0 bridgehead atoms. The zero-order chi connectivity index (χ0) is 24.1. The number of hydrogen-bond donors (Lipinski definition) is 4. The molecular weight excluding hydrogens is 432 g/mol. The van der Waals surface area contributed by atoms with Crippen molar-refractivity contribution < 1.29 is 14.6 Å². The Kier molecular flexibility index (Phi) is 7.84. The van der Waals surface area contributed by atoms with Gasteiger partial charge < -0.3 is 31.1 Å². The van der Waals surface area contributed by atoms with Gasteiger partial charge in [-0.05, 0) is 76.3 Å². The maximum Gasteiger partial charge on any atom is 0.271 e. The Balaban J connectivity index is 1.48. The first-order chi connectivity index (χ1) is 16.4. The van der Waals surface area contributed by atoms with Crippen molar-refractivity contribution in [2.45, 2.75) is 70.1 Å². The second-order valence-corrected chi connectivity index (χ2v) is 9.35. The number of aliphatic hydroxyl groups excluding tert-OH is 1. The molecule has 0 atom stereocenters. The highest BCUT2D eigenvalue weighted by Crippen LogP contribution is 2.27. The molecular formula is C25H36N6O3. The highest BCUT2D eigenvalue weighted by atomic mass is 16.5. The van der Waals surface area contributed by atoms with Crippen LogP contribution in [0.1, 0.15) is 61.6 Å². The first-order valence-corrected chi connectivity index (χ1v) is 12.3. The van der Waals surface area contributed by atoms with E-state index in [4.69, 9.17) is 15.5 Å². The van der Waals surface area contributed by atoms with Gasteiger partial charge in [-0.3, -0.25) is 4.79 Å². The van der Waals surface area contributed by atoms with Gasteiger partial charge in [0.2, 0.25) is 0 Å². The van der Waals surface area contributed by atoms with Crippen molar-refractivity contribution in [3.8, 4) is 5.75 Å². The van der Waals surface area contributed by atoms with E-state index >= 15 is 0 Å². The summed E-state index contributed by atoms with van der Waals surface area (Å²) in [7, 11) is 2.13. The van der Waals surface area contributed by atoms with E-state index in [9.17, 15) is 9.90 Å². The Hall–Kier alpha value is -2.91. The van der Waals surface area contributed by atoms with E-state index in [1.807, 2.05) is 31.2 Å². The molecule has 1 aliphatic heterocycles. The molecule has 2 aliphatic rings. The van der Waals surface area contributed by atoms with Crippen molar-refractivity contribution in [1.82, 2.24) is 14.9 Å². The van der Waals surface area contributed by atoms with Crippen LogP contribution >= 0.6 is 0 Å². The molecule has 184 valence electrons. The molecule has 34 heavy (non-hydrogen) atoms. The molecule has 1 aromatic heterocycles. The van der Waals surface area contributed by atoms with Gasteiger partial charge in [0.05, 0.1) is 11.8 Å². The zero-order valence-corrected chi connectivity index (χ0v) is 20.1. The lowest BCUT2D eigenvalue weighted by Crippen LogP contribution is -2.35. The van der Waals surface area contributed by atoms with Crippen molar-refractivity contribution >= 4 is 23.2 Å². The van der Waals surface area contributed by atoms with Crippen LogP contribution in [0.2, 0.25) is 0 Å². The number of carbonyl (C=O) groups excluding carboxylic acids is 1. The van der Waals surface area contributed by atoms with E-state index in [1.54, 1.807) is 0 Å². The summed E-state index contributed by atoms with van der Waals surface area (Å²) in [6.07, 6.45) is 5.94. The van der Waals surface area contributed by atoms with Gasteiger partial charge in [-0.25, -0.2) is 9.97 Å². The molecule has 2 fully saturated rings. The smallest absolute Gasteiger partial charge is 0.271 e. The molecule has 1 amide bonds. The summed E-state index contributed by atoms with van der Waals surface area (Å²) in [4.78, 5) is 23.7. The van der Waals surface area contributed by atoms with Gasteiger partial charge in [-0.2, -0.15) is 0 Å². The minimum atomic E-state index is -0.626. The number of rotatable bonds is 8. The molecule has 0 spiro atoms. The van der Waals surface area contributed by atoms with Crippen LogP contribution in [0, 0.1) is 0 Å².